The van der Waals surface area contributed by atoms with Crippen molar-refractivity contribution in [1.82, 2.24) is 0 Å². The number of methoxy groups -OCH3 is 1. The van der Waals surface area contributed by atoms with Crippen LogP contribution in [0.25, 0.3) is 0 Å². The molecule has 1 heterocycles. The van der Waals surface area contributed by atoms with Crippen LogP contribution >= 0.6 is 0 Å². The van der Waals surface area contributed by atoms with Crippen molar-refractivity contribution < 1.29 is 9.47 Å². The van der Waals surface area contributed by atoms with Gasteiger partial charge in [0, 0.05) is 12.5 Å². The van der Waals surface area contributed by atoms with Gasteiger partial charge in [0.15, 0.2) is 5.57 Å². The highest BCUT2D eigenvalue weighted by atomic mass is 16.5. The van der Waals surface area contributed by atoms with E-state index in [0.717, 1.165) is 6.42 Å². The minimum atomic E-state index is 0.0537. The molecule has 0 aromatic carbocycles. The molecule has 1 unspecified atom stereocenters. The highest BCUT2D eigenvalue weighted by Gasteiger charge is 2.24. The van der Waals surface area contributed by atoms with Crippen molar-refractivity contribution in [2.45, 2.75) is 6.42 Å². The van der Waals surface area contributed by atoms with Gasteiger partial charge in [0.05, 0.1) is 13.7 Å². The van der Waals surface area contributed by atoms with Crippen molar-refractivity contribution in [3.8, 4) is 12.1 Å². The van der Waals surface area contributed by atoms with E-state index < -0.39 is 0 Å². The molecular weight excluding hydrogens is 168 g/mol. The summed E-state index contributed by atoms with van der Waals surface area (Å²) in [4.78, 5) is 0. The predicted octanol–water partition coefficient (Wildman–Crippen LogP) is 0.971. The second-order valence-corrected chi connectivity index (χ2v) is 2.73. The van der Waals surface area contributed by atoms with Crippen LogP contribution in [0.5, 0.6) is 0 Å². The minimum Gasteiger partial charge on any atom is -0.499 e. The summed E-state index contributed by atoms with van der Waals surface area (Å²) in [5.74, 6) is 0.529. The molecule has 0 aromatic rings. The van der Waals surface area contributed by atoms with E-state index in [2.05, 4.69) is 0 Å². The van der Waals surface area contributed by atoms with E-state index in [1.807, 2.05) is 12.1 Å². The van der Waals surface area contributed by atoms with Crippen LogP contribution in [0, 0.1) is 28.6 Å². The molecule has 0 spiro atoms. The van der Waals surface area contributed by atoms with Gasteiger partial charge in [0.25, 0.3) is 0 Å². The summed E-state index contributed by atoms with van der Waals surface area (Å²) < 4.78 is 10.2. The van der Waals surface area contributed by atoms with Crippen molar-refractivity contribution in [1.29, 1.82) is 10.5 Å². The molecule has 1 fully saturated rings. The zero-order chi connectivity index (χ0) is 9.68. The highest BCUT2D eigenvalue weighted by molar-refractivity contribution is 5.38. The molecule has 1 aliphatic rings. The smallest absolute Gasteiger partial charge is 0.167 e. The summed E-state index contributed by atoms with van der Waals surface area (Å²) in [5, 5.41) is 17.3. The second kappa shape index (κ2) is 4.49. The number of rotatable bonds is 2. The van der Waals surface area contributed by atoms with Crippen molar-refractivity contribution in [2.24, 2.45) is 5.92 Å². The van der Waals surface area contributed by atoms with Crippen molar-refractivity contribution in [2.75, 3.05) is 20.3 Å². The van der Waals surface area contributed by atoms with Gasteiger partial charge in [0.2, 0.25) is 0 Å². The SMILES string of the molecule is COC(=C(C#N)C#N)C1CCOC1. The molecular formula is C9H10N2O2. The Labute approximate surface area is 77.0 Å². The van der Waals surface area contributed by atoms with Gasteiger partial charge in [-0.1, -0.05) is 0 Å². The monoisotopic (exact) mass is 178 g/mol. The number of allylic oxidation sites excluding steroid dienone is 1. The van der Waals surface area contributed by atoms with Gasteiger partial charge < -0.3 is 9.47 Å². The maximum absolute atomic E-state index is 8.64. The maximum Gasteiger partial charge on any atom is 0.167 e. The van der Waals surface area contributed by atoms with Crippen LogP contribution in [0.1, 0.15) is 6.42 Å². The van der Waals surface area contributed by atoms with Crippen molar-refractivity contribution in [3.63, 3.8) is 0 Å². The predicted molar refractivity (Wildman–Crippen MR) is 44.2 cm³/mol. The summed E-state index contributed by atoms with van der Waals surface area (Å²) in [6, 6.07) is 3.64. The molecule has 1 rings (SSSR count). The number of hydrogen-bond donors (Lipinski definition) is 0. The van der Waals surface area contributed by atoms with Crippen LogP contribution in [0.15, 0.2) is 11.3 Å². The number of nitriles is 2. The van der Waals surface area contributed by atoms with E-state index in [1.165, 1.54) is 7.11 Å². The van der Waals surface area contributed by atoms with Gasteiger partial charge in [-0.3, -0.25) is 0 Å². The van der Waals surface area contributed by atoms with Crippen molar-refractivity contribution >= 4 is 0 Å². The maximum atomic E-state index is 8.64. The van der Waals surface area contributed by atoms with Crippen molar-refractivity contribution in [3.05, 3.63) is 11.3 Å². The Bertz CT molecular complexity index is 274. The summed E-state index contributed by atoms with van der Waals surface area (Å²) in [6.45, 7) is 1.21. The molecule has 68 valence electrons. The van der Waals surface area contributed by atoms with Gasteiger partial charge in [0.1, 0.15) is 17.9 Å². The third-order valence-corrected chi connectivity index (χ3v) is 1.99. The fraction of sp³-hybridized carbons (Fsp3) is 0.556. The van der Waals surface area contributed by atoms with E-state index in [9.17, 15) is 0 Å². The highest BCUT2D eigenvalue weighted by Crippen LogP contribution is 2.24. The van der Waals surface area contributed by atoms with Crippen LogP contribution in [-0.2, 0) is 9.47 Å². The molecule has 0 saturated carbocycles. The molecule has 0 bridgehead atoms. The van der Waals surface area contributed by atoms with Gasteiger partial charge in [-0.25, -0.2) is 0 Å². The van der Waals surface area contributed by atoms with Crippen LogP contribution in [0.4, 0.5) is 0 Å². The first-order valence-electron chi connectivity index (χ1n) is 3.99. The first-order chi connectivity index (χ1) is 6.33. The average Bonchev–Trinajstić information content (AvgIpc) is 2.66. The molecule has 0 amide bonds. The van der Waals surface area contributed by atoms with Gasteiger partial charge in [-0.2, -0.15) is 10.5 Å². The molecule has 13 heavy (non-hydrogen) atoms. The lowest BCUT2D eigenvalue weighted by atomic mass is 10.0. The molecule has 1 atom stereocenters. The summed E-state index contributed by atoms with van der Waals surface area (Å²) >= 11 is 0. The normalized spacial score (nSPS) is 20.1. The lowest BCUT2D eigenvalue weighted by Crippen LogP contribution is -2.07. The van der Waals surface area contributed by atoms with Gasteiger partial charge >= 0.3 is 0 Å². The Balaban J connectivity index is 2.89. The summed E-state index contributed by atoms with van der Waals surface area (Å²) in [5.41, 5.74) is 0.0537. The third-order valence-electron chi connectivity index (χ3n) is 1.99. The van der Waals surface area contributed by atoms with E-state index in [0.29, 0.717) is 19.0 Å². The lowest BCUT2D eigenvalue weighted by Gasteiger charge is -2.10. The Morgan fingerprint density at radius 3 is 2.54 bits per heavy atom. The van der Waals surface area contributed by atoms with Gasteiger partial charge in [-0.05, 0) is 6.42 Å². The largest absolute Gasteiger partial charge is 0.499 e. The summed E-state index contributed by atoms with van der Waals surface area (Å²) in [7, 11) is 1.47. The first kappa shape index (κ1) is 9.57. The Kier molecular flexibility index (Phi) is 3.31. The Hall–Kier alpha value is -1.52. The average molecular weight is 178 g/mol. The molecule has 0 aromatic heterocycles. The number of hydrogen-bond acceptors (Lipinski definition) is 4. The topological polar surface area (TPSA) is 66.0 Å². The summed E-state index contributed by atoms with van der Waals surface area (Å²) in [6.07, 6.45) is 0.816. The molecule has 1 saturated heterocycles. The number of nitrogens with zero attached hydrogens (tertiary/aromatic N) is 2. The fourth-order valence-electron chi connectivity index (χ4n) is 1.35. The minimum absolute atomic E-state index is 0.0537. The van der Waals surface area contributed by atoms with Crippen LogP contribution in [0.3, 0.4) is 0 Å². The standard InChI is InChI=1S/C9H10N2O2/c1-12-9(8(4-10)5-11)7-2-3-13-6-7/h7H,2-3,6H2,1H3. The molecule has 0 N–H and O–H groups in total. The zero-order valence-electron chi connectivity index (χ0n) is 7.41. The van der Waals surface area contributed by atoms with Crippen LogP contribution in [-0.4, -0.2) is 20.3 Å². The molecule has 4 nitrogen and oxygen atoms in total. The Morgan fingerprint density at radius 2 is 2.15 bits per heavy atom. The number of ether oxygens (including phenoxy) is 2. The Morgan fingerprint density at radius 1 is 1.46 bits per heavy atom. The molecule has 0 radical (unpaired) electrons. The van der Waals surface area contributed by atoms with Crippen LogP contribution < -0.4 is 0 Å². The quantitative estimate of drug-likeness (QED) is 0.466. The molecule has 4 heteroatoms. The van der Waals surface area contributed by atoms with E-state index in [4.69, 9.17) is 20.0 Å². The second-order valence-electron chi connectivity index (χ2n) is 2.73. The van der Waals surface area contributed by atoms with E-state index in [1.54, 1.807) is 0 Å². The molecule has 0 aliphatic carbocycles. The van der Waals surface area contributed by atoms with Gasteiger partial charge in [-0.15, -0.1) is 0 Å². The molecule has 1 aliphatic heterocycles. The van der Waals surface area contributed by atoms with Crippen LogP contribution in [0.2, 0.25) is 0 Å². The van der Waals surface area contributed by atoms with E-state index in [-0.39, 0.29) is 11.5 Å². The van der Waals surface area contributed by atoms with E-state index >= 15 is 0 Å². The lowest BCUT2D eigenvalue weighted by molar-refractivity contribution is 0.172. The third kappa shape index (κ3) is 1.99. The fourth-order valence-corrected chi connectivity index (χ4v) is 1.35. The first-order valence-corrected chi connectivity index (χ1v) is 3.99. The zero-order valence-corrected chi connectivity index (χ0v) is 7.41.